The Labute approximate surface area is 105 Å². The van der Waals surface area contributed by atoms with Crippen molar-refractivity contribution in [3.8, 4) is 0 Å². The van der Waals surface area contributed by atoms with Gasteiger partial charge in [-0.2, -0.15) is 0 Å². The van der Waals surface area contributed by atoms with Gasteiger partial charge in [0.1, 0.15) is 0 Å². The summed E-state index contributed by atoms with van der Waals surface area (Å²) in [5.41, 5.74) is 0.315. The number of nitrogens with one attached hydrogen (secondary N) is 1. The van der Waals surface area contributed by atoms with Gasteiger partial charge in [0.2, 0.25) is 5.91 Å². The monoisotopic (exact) mass is 241 g/mol. The van der Waals surface area contributed by atoms with Crippen molar-refractivity contribution in [2.24, 2.45) is 5.41 Å². The van der Waals surface area contributed by atoms with Crippen molar-refractivity contribution in [3.05, 3.63) is 0 Å². The summed E-state index contributed by atoms with van der Waals surface area (Å²) in [4.78, 5) is 11.7. The normalized spacial score (nSPS) is 25.6. The Morgan fingerprint density at radius 1 is 1.24 bits per heavy atom. The molecule has 1 fully saturated rings. The predicted octanol–water partition coefficient (Wildman–Crippen LogP) is 2.62. The maximum Gasteiger partial charge on any atom is 0.220 e. The number of rotatable bonds is 4. The van der Waals surface area contributed by atoms with Crippen LogP contribution in [0.5, 0.6) is 0 Å². The minimum Gasteiger partial charge on any atom is -0.393 e. The first kappa shape index (κ1) is 14.5. The van der Waals surface area contributed by atoms with Crippen molar-refractivity contribution >= 4 is 5.91 Å². The molecule has 0 aromatic heterocycles. The molecule has 3 nitrogen and oxygen atoms in total. The van der Waals surface area contributed by atoms with Crippen LogP contribution in [0.1, 0.15) is 65.7 Å². The quantitative estimate of drug-likeness (QED) is 0.795. The zero-order valence-corrected chi connectivity index (χ0v) is 11.5. The lowest BCUT2D eigenvalue weighted by molar-refractivity contribution is -0.122. The maximum absolute atomic E-state index is 11.7. The smallest absolute Gasteiger partial charge is 0.220 e. The molecule has 0 aliphatic heterocycles. The molecule has 0 bridgehead atoms. The lowest BCUT2D eigenvalue weighted by Crippen LogP contribution is -2.38. The Hall–Kier alpha value is -0.570. The molecule has 1 saturated carbocycles. The zero-order valence-electron chi connectivity index (χ0n) is 11.5. The number of carbonyl (C=O) groups is 1. The molecule has 0 atom stereocenters. The van der Waals surface area contributed by atoms with E-state index < -0.39 is 0 Å². The highest BCUT2D eigenvalue weighted by Gasteiger charge is 2.20. The van der Waals surface area contributed by atoms with Gasteiger partial charge in [-0.05, 0) is 43.9 Å². The van der Waals surface area contributed by atoms with E-state index in [1.165, 1.54) is 0 Å². The summed E-state index contributed by atoms with van der Waals surface area (Å²) in [6.07, 6.45) is 6.03. The van der Waals surface area contributed by atoms with Crippen LogP contribution < -0.4 is 5.32 Å². The van der Waals surface area contributed by atoms with Gasteiger partial charge in [-0.1, -0.05) is 20.8 Å². The second-order valence-electron chi connectivity index (χ2n) is 6.49. The van der Waals surface area contributed by atoms with E-state index in [9.17, 15) is 9.90 Å². The summed E-state index contributed by atoms with van der Waals surface area (Å²) in [5.74, 6) is 0.177. The van der Waals surface area contributed by atoms with Crippen LogP contribution in [-0.4, -0.2) is 23.2 Å². The molecule has 1 rings (SSSR count). The van der Waals surface area contributed by atoms with Crippen molar-refractivity contribution in [2.75, 3.05) is 0 Å². The van der Waals surface area contributed by atoms with Gasteiger partial charge in [0.15, 0.2) is 0 Å². The molecule has 0 spiro atoms. The van der Waals surface area contributed by atoms with Crippen molar-refractivity contribution in [1.82, 2.24) is 5.32 Å². The van der Waals surface area contributed by atoms with Crippen LogP contribution in [0.2, 0.25) is 0 Å². The van der Waals surface area contributed by atoms with Crippen LogP contribution in [0.4, 0.5) is 0 Å². The van der Waals surface area contributed by atoms with E-state index in [4.69, 9.17) is 0 Å². The lowest BCUT2D eigenvalue weighted by Gasteiger charge is -2.26. The van der Waals surface area contributed by atoms with Gasteiger partial charge < -0.3 is 10.4 Å². The van der Waals surface area contributed by atoms with Crippen LogP contribution in [0.25, 0.3) is 0 Å². The van der Waals surface area contributed by atoms with Crippen molar-refractivity contribution in [1.29, 1.82) is 0 Å². The third kappa shape index (κ3) is 6.67. The summed E-state index contributed by atoms with van der Waals surface area (Å²) in [6, 6.07) is 0.292. The average Bonchev–Trinajstić information content (AvgIpc) is 2.19. The molecule has 1 amide bonds. The summed E-state index contributed by atoms with van der Waals surface area (Å²) in [6.45, 7) is 6.61. The molecule has 100 valence electrons. The lowest BCUT2D eigenvalue weighted by atomic mass is 9.89. The first-order valence-electron chi connectivity index (χ1n) is 6.84. The van der Waals surface area contributed by atoms with E-state index in [1.54, 1.807) is 0 Å². The van der Waals surface area contributed by atoms with Gasteiger partial charge in [0.05, 0.1) is 6.10 Å². The molecule has 0 unspecified atom stereocenters. The molecule has 3 heteroatoms. The van der Waals surface area contributed by atoms with Crippen molar-refractivity contribution in [2.45, 2.75) is 77.9 Å². The summed E-state index contributed by atoms with van der Waals surface area (Å²) < 4.78 is 0. The molecule has 1 aliphatic carbocycles. The molecule has 2 N–H and O–H groups in total. The summed E-state index contributed by atoms with van der Waals surface area (Å²) >= 11 is 0. The Morgan fingerprint density at radius 2 is 1.82 bits per heavy atom. The topological polar surface area (TPSA) is 49.3 Å². The van der Waals surface area contributed by atoms with Crippen LogP contribution in [-0.2, 0) is 4.79 Å². The van der Waals surface area contributed by atoms with Gasteiger partial charge in [-0.3, -0.25) is 4.79 Å². The van der Waals surface area contributed by atoms with E-state index in [-0.39, 0.29) is 12.0 Å². The standard InChI is InChI=1S/C14H27NO2/c1-14(2,3)10-4-5-13(17)15-11-6-8-12(16)9-7-11/h11-12,16H,4-10H2,1-3H3,(H,15,17). The van der Waals surface area contributed by atoms with Gasteiger partial charge in [-0.25, -0.2) is 0 Å². The maximum atomic E-state index is 11.7. The first-order valence-corrected chi connectivity index (χ1v) is 6.84. The highest BCUT2D eigenvalue weighted by molar-refractivity contribution is 5.76. The van der Waals surface area contributed by atoms with Gasteiger partial charge in [0.25, 0.3) is 0 Å². The van der Waals surface area contributed by atoms with Gasteiger partial charge >= 0.3 is 0 Å². The van der Waals surface area contributed by atoms with Gasteiger partial charge in [-0.15, -0.1) is 0 Å². The van der Waals surface area contributed by atoms with Crippen molar-refractivity contribution < 1.29 is 9.90 Å². The fourth-order valence-electron chi connectivity index (χ4n) is 2.30. The molecule has 0 aromatic carbocycles. The largest absolute Gasteiger partial charge is 0.393 e. The van der Waals surface area contributed by atoms with E-state index in [0.717, 1.165) is 38.5 Å². The van der Waals surface area contributed by atoms with Crippen LogP contribution in [0, 0.1) is 5.41 Å². The average molecular weight is 241 g/mol. The highest BCUT2D eigenvalue weighted by atomic mass is 16.3. The predicted molar refractivity (Wildman–Crippen MR) is 69.7 cm³/mol. The molecule has 1 aliphatic rings. The Bertz CT molecular complexity index is 237. The molecule has 0 aromatic rings. The third-order valence-corrected chi connectivity index (χ3v) is 3.39. The van der Waals surface area contributed by atoms with E-state index in [0.29, 0.717) is 17.9 Å². The fraction of sp³-hybridized carbons (Fsp3) is 0.929. The number of carbonyl (C=O) groups excluding carboxylic acids is 1. The first-order chi connectivity index (χ1) is 7.87. The summed E-state index contributed by atoms with van der Waals surface area (Å²) in [7, 11) is 0. The Kier molecular flexibility index (Phi) is 5.44. The van der Waals surface area contributed by atoms with E-state index >= 15 is 0 Å². The number of hydrogen-bond donors (Lipinski definition) is 2. The second kappa shape index (κ2) is 6.39. The Balaban J connectivity index is 2.13. The van der Waals surface area contributed by atoms with E-state index in [1.807, 2.05) is 0 Å². The van der Waals surface area contributed by atoms with Crippen LogP contribution >= 0.6 is 0 Å². The van der Waals surface area contributed by atoms with Crippen LogP contribution in [0.3, 0.4) is 0 Å². The molecular weight excluding hydrogens is 214 g/mol. The number of amides is 1. The highest BCUT2D eigenvalue weighted by Crippen LogP contribution is 2.22. The second-order valence-corrected chi connectivity index (χ2v) is 6.49. The molecule has 0 radical (unpaired) electrons. The number of hydrogen-bond acceptors (Lipinski definition) is 2. The SMILES string of the molecule is CC(C)(C)CCCC(=O)NC1CCC(O)CC1. The number of aliphatic hydroxyl groups excluding tert-OH is 1. The molecular formula is C14H27NO2. The summed E-state index contributed by atoms with van der Waals surface area (Å²) in [5, 5.41) is 12.5. The minimum atomic E-state index is -0.149. The van der Waals surface area contributed by atoms with E-state index in [2.05, 4.69) is 26.1 Å². The van der Waals surface area contributed by atoms with Crippen LogP contribution in [0.15, 0.2) is 0 Å². The molecule has 17 heavy (non-hydrogen) atoms. The zero-order chi connectivity index (χ0) is 12.9. The molecule has 0 saturated heterocycles. The third-order valence-electron chi connectivity index (χ3n) is 3.39. The molecule has 0 heterocycles. The van der Waals surface area contributed by atoms with Crippen molar-refractivity contribution in [3.63, 3.8) is 0 Å². The van der Waals surface area contributed by atoms with Gasteiger partial charge in [0, 0.05) is 12.5 Å². The minimum absolute atomic E-state index is 0.149. The fourth-order valence-corrected chi connectivity index (χ4v) is 2.30. The number of aliphatic hydroxyl groups is 1. The Morgan fingerprint density at radius 3 is 2.35 bits per heavy atom.